The number of benzene rings is 1. The number of nitriles is 1. The normalized spacial score (nSPS) is 11.5. The number of carboxylic acid groups (broad SMARTS) is 1. The van der Waals surface area contributed by atoms with Gasteiger partial charge < -0.3 is 15.7 Å². The van der Waals surface area contributed by atoms with Gasteiger partial charge in [-0.15, -0.1) is 0 Å². The number of hydrogen-bond donors (Lipinski definition) is 3. The summed E-state index contributed by atoms with van der Waals surface area (Å²) in [7, 11) is 0. The maximum atomic E-state index is 12.0. The third-order valence-electron chi connectivity index (χ3n) is 3.85. The minimum absolute atomic E-state index is 0.00423. The summed E-state index contributed by atoms with van der Waals surface area (Å²) in [5, 5.41) is 23.3. The summed E-state index contributed by atoms with van der Waals surface area (Å²) >= 11 is 0. The molecule has 0 aliphatic carbocycles. The first kappa shape index (κ1) is 21.2. The first-order valence-corrected chi connectivity index (χ1v) is 8.71. The Balaban J connectivity index is 2.48. The van der Waals surface area contributed by atoms with E-state index in [0.29, 0.717) is 19.4 Å². The van der Waals surface area contributed by atoms with Crippen LogP contribution in [0.3, 0.4) is 0 Å². The Morgan fingerprint density at radius 1 is 1.15 bits per heavy atom. The highest BCUT2D eigenvalue weighted by atomic mass is 16.4. The van der Waals surface area contributed by atoms with E-state index in [0.717, 1.165) is 12.1 Å². The zero-order valence-corrected chi connectivity index (χ0v) is 15.6. The Bertz CT molecular complexity index is 680. The van der Waals surface area contributed by atoms with Gasteiger partial charge >= 0.3 is 5.97 Å². The lowest BCUT2D eigenvalue weighted by molar-refractivity contribution is -0.137. The SMILES string of the molecule is CC(C)(C)c1ccc(N/C=C(/C#N)C(=O)NCCCCCC(=O)O)cc1. The molecule has 0 saturated heterocycles. The number of hydrogen-bond acceptors (Lipinski definition) is 4. The van der Waals surface area contributed by atoms with Crippen molar-refractivity contribution in [2.24, 2.45) is 0 Å². The van der Waals surface area contributed by atoms with E-state index in [-0.39, 0.29) is 17.4 Å². The van der Waals surface area contributed by atoms with Gasteiger partial charge in [0.1, 0.15) is 11.6 Å². The topological polar surface area (TPSA) is 102 Å². The van der Waals surface area contributed by atoms with Crippen molar-refractivity contribution >= 4 is 17.6 Å². The second kappa shape index (κ2) is 10.2. The van der Waals surface area contributed by atoms with Gasteiger partial charge in [-0.25, -0.2) is 0 Å². The van der Waals surface area contributed by atoms with Gasteiger partial charge in [0.15, 0.2) is 0 Å². The zero-order valence-electron chi connectivity index (χ0n) is 15.6. The molecule has 6 nitrogen and oxygen atoms in total. The first-order valence-electron chi connectivity index (χ1n) is 8.71. The van der Waals surface area contributed by atoms with Crippen molar-refractivity contribution in [2.75, 3.05) is 11.9 Å². The van der Waals surface area contributed by atoms with Crippen LogP contribution >= 0.6 is 0 Å². The second-order valence-corrected chi connectivity index (χ2v) is 7.10. The molecule has 0 aliphatic heterocycles. The van der Waals surface area contributed by atoms with Crippen molar-refractivity contribution in [3.8, 4) is 6.07 Å². The van der Waals surface area contributed by atoms with Gasteiger partial charge in [0.05, 0.1) is 0 Å². The van der Waals surface area contributed by atoms with E-state index in [9.17, 15) is 9.59 Å². The number of carbonyl (C=O) groups is 2. The summed E-state index contributed by atoms with van der Waals surface area (Å²) in [6, 6.07) is 9.73. The van der Waals surface area contributed by atoms with Crippen molar-refractivity contribution in [3.63, 3.8) is 0 Å². The van der Waals surface area contributed by atoms with Crippen molar-refractivity contribution in [3.05, 3.63) is 41.6 Å². The van der Waals surface area contributed by atoms with Crippen LogP contribution in [-0.4, -0.2) is 23.5 Å². The van der Waals surface area contributed by atoms with E-state index in [1.54, 1.807) is 0 Å². The van der Waals surface area contributed by atoms with E-state index in [2.05, 4.69) is 31.4 Å². The fourth-order valence-corrected chi connectivity index (χ4v) is 2.25. The van der Waals surface area contributed by atoms with Crippen LogP contribution in [0.2, 0.25) is 0 Å². The van der Waals surface area contributed by atoms with Crippen molar-refractivity contribution in [1.29, 1.82) is 5.26 Å². The van der Waals surface area contributed by atoms with E-state index in [1.807, 2.05) is 30.3 Å². The molecule has 0 spiro atoms. The van der Waals surface area contributed by atoms with Gasteiger partial charge in [0.2, 0.25) is 0 Å². The maximum Gasteiger partial charge on any atom is 0.303 e. The molecular weight excluding hydrogens is 330 g/mol. The molecule has 0 atom stereocenters. The van der Waals surface area contributed by atoms with Gasteiger partial charge in [-0.05, 0) is 36.0 Å². The molecule has 26 heavy (non-hydrogen) atoms. The fourth-order valence-electron chi connectivity index (χ4n) is 2.25. The van der Waals surface area contributed by atoms with Crippen LogP contribution in [0.15, 0.2) is 36.0 Å². The van der Waals surface area contributed by atoms with Crippen LogP contribution in [0.25, 0.3) is 0 Å². The molecule has 0 saturated carbocycles. The lowest BCUT2D eigenvalue weighted by Crippen LogP contribution is -2.26. The molecule has 0 aromatic heterocycles. The average molecular weight is 357 g/mol. The second-order valence-electron chi connectivity index (χ2n) is 7.10. The molecule has 1 aromatic rings. The van der Waals surface area contributed by atoms with E-state index in [4.69, 9.17) is 10.4 Å². The predicted octanol–water partition coefficient (Wildman–Crippen LogP) is 3.56. The highest BCUT2D eigenvalue weighted by Crippen LogP contribution is 2.23. The lowest BCUT2D eigenvalue weighted by Gasteiger charge is -2.19. The number of carboxylic acids is 1. The zero-order chi connectivity index (χ0) is 19.6. The number of rotatable bonds is 9. The minimum Gasteiger partial charge on any atom is -0.481 e. The number of anilines is 1. The number of nitrogens with zero attached hydrogens (tertiary/aromatic N) is 1. The van der Waals surface area contributed by atoms with E-state index >= 15 is 0 Å². The Kier molecular flexibility index (Phi) is 8.36. The largest absolute Gasteiger partial charge is 0.481 e. The van der Waals surface area contributed by atoms with Gasteiger partial charge in [0, 0.05) is 24.9 Å². The molecule has 1 amide bonds. The highest BCUT2D eigenvalue weighted by molar-refractivity contribution is 5.97. The van der Waals surface area contributed by atoms with Gasteiger partial charge in [-0.2, -0.15) is 5.26 Å². The van der Waals surface area contributed by atoms with Gasteiger partial charge in [-0.1, -0.05) is 39.3 Å². The first-order chi connectivity index (χ1) is 12.2. The van der Waals surface area contributed by atoms with Crippen LogP contribution in [0.1, 0.15) is 52.0 Å². The van der Waals surface area contributed by atoms with Crippen molar-refractivity contribution in [1.82, 2.24) is 5.32 Å². The highest BCUT2D eigenvalue weighted by Gasteiger charge is 2.13. The van der Waals surface area contributed by atoms with E-state index in [1.165, 1.54) is 11.8 Å². The third kappa shape index (κ3) is 7.84. The average Bonchev–Trinajstić information content (AvgIpc) is 2.58. The smallest absolute Gasteiger partial charge is 0.303 e. The monoisotopic (exact) mass is 357 g/mol. The number of unbranched alkanes of at least 4 members (excludes halogenated alkanes) is 2. The van der Waals surface area contributed by atoms with Crippen molar-refractivity contribution < 1.29 is 14.7 Å². The molecule has 3 N–H and O–H groups in total. The Morgan fingerprint density at radius 2 is 1.81 bits per heavy atom. The molecule has 0 heterocycles. The molecule has 0 aliphatic rings. The summed E-state index contributed by atoms with van der Waals surface area (Å²) < 4.78 is 0. The summed E-state index contributed by atoms with van der Waals surface area (Å²) in [5.74, 6) is -1.25. The minimum atomic E-state index is -0.814. The van der Waals surface area contributed by atoms with Crippen LogP contribution in [0, 0.1) is 11.3 Å². The summed E-state index contributed by atoms with van der Waals surface area (Å²) in [4.78, 5) is 22.4. The Labute approximate surface area is 154 Å². The molecule has 0 bridgehead atoms. The van der Waals surface area contributed by atoms with Crippen molar-refractivity contribution in [2.45, 2.75) is 51.9 Å². The number of nitrogens with one attached hydrogen (secondary N) is 2. The number of amides is 1. The molecule has 0 radical (unpaired) electrons. The maximum absolute atomic E-state index is 12.0. The quantitative estimate of drug-likeness (QED) is 0.356. The van der Waals surface area contributed by atoms with Crippen LogP contribution < -0.4 is 10.6 Å². The molecule has 1 rings (SSSR count). The Morgan fingerprint density at radius 3 is 2.35 bits per heavy atom. The predicted molar refractivity (Wildman–Crippen MR) is 102 cm³/mol. The molecule has 0 fully saturated rings. The molecule has 140 valence electrons. The standard InChI is InChI=1S/C20H27N3O3/c1-20(2,3)16-8-10-17(11-9-16)23-14-15(13-21)19(26)22-12-6-4-5-7-18(24)25/h8-11,14,23H,4-7,12H2,1-3H3,(H,22,26)(H,24,25)/b15-14-. The molecular formula is C20H27N3O3. The summed E-state index contributed by atoms with van der Waals surface area (Å²) in [6.07, 6.45) is 3.51. The van der Waals surface area contributed by atoms with Crippen LogP contribution in [-0.2, 0) is 15.0 Å². The Hall–Kier alpha value is -2.81. The van der Waals surface area contributed by atoms with Crippen LogP contribution in [0.4, 0.5) is 5.69 Å². The number of carbonyl (C=O) groups excluding carboxylic acids is 1. The summed E-state index contributed by atoms with van der Waals surface area (Å²) in [6.45, 7) is 6.82. The summed E-state index contributed by atoms with van der Waals surface area (Å²) in [5.41, 5.74) is 2.06. The van der Waals surface area contributed by atoms with E-state index < -0.39 is 11.9 Å². The van der Waals surface area contributed by atoms with Gasteiger partial charge in [-0.3, -0.25) is 9.59 Å². The van der Waals surface area contributed by atoms with Crippen LogP contribution in [0.5, 0.6) is 0 Å². The molecule has 1 aromatic carbocycles. The third-order valence-corrected chi connectivity index (χ3v) is 3.85. The molecule has 0 unspecified atom stereocenters. The lowest BCUT2D eigenvalue weighted by atomic mass is 9.87. The molecule has 6 heteroatoms. The number of aliphatic carboxylic acids is 1. The fraction of sp³-hybridized carbons (Fsp3) is 0.450. The van der Waals surface area contributed by atoms with Gasteiger partial charge in [0.25, 0.3) is 5.91 Å².